The summed E-state index contributed by atoms with van der Waals surface area (Å²) in [7, 11) is 3.79. The lowest BCUT2D eigenvalue weighted by atomic mass is 10.2. The number of nitrogen functional groups attached to an aromatic ring is 1. The number of rotatable bonds is 10. The fraction of sp³-hybridized carbons (Fsp3) is 0.192. The second kappa shape index (κ2) is 11.1. The predicted octanol–water partition coefficient (Wildman–Crippen LogP) is 5.18. The normalized spacial score (nSPS) is 11.3. The van der Waals surface area contributed by atoms with E-state index in [2.05, 4.69) is 38.0 Å². The van der Waals surface area contributed by atoms with Gasteiger partial charge in [0.2, 0.25) is 0 Å². The van der Waals surface area contributed by atoms with Gasteiger partial charge in [-0.3, -0.25) is 14.1 Å². The Labute approximate surface area is 222 Å². The number of nitrogens with zero attached hydrogens (tertiary/aromatic N) is 4. The second-order valence-electron chi connectivity index (χ2n) is 8.46. The van der Waals surface area contributed by atoms with E-state index < -0.39 is 0 Å². The van der Waals surface area contributed by atoms with Crippen molar-refractivity contribution in [3.05, 3.63) is 77.6 Å². The lowest BCUT2D eigenvalue weighted by molar-refractivity contribution is 0.103. The second-order valence-corrected chi connectivity index (χ2v) is 10.6. The van der Waals surface area contributed by atoms with Crippen LogP contribution in [0.15, 0.2) is 67.1 Å². The monoisotopic (exact) mass is 533 g/mol. The van der Waals surface area contributed by atoms with Crippen molar-refractivity contribution in [2.75, 3.05) is 43.7 Å². The number of hydrogen-bond acceptors (Lipinski definition) is 9. The van der Waals surface area contributed by atoms with Crippen molar-refractivity contribution >= 4 is 55.7 Å². The number of amides is 1. The largest absolute Gasteiger partial charge is 0.397 e. The highest BCUT2D eigenvalue weighted by Gasteiger charge is 2.15. The van der Waals surface area contributed by atoms with E-state index in [1.54, 1.807) is 25.3 Å². The number of pyridine rings is 1. The fourth-order valence-corrected chi connectivity index (χ4v) is 5.57. The minimum absolute atomic E-state index is 0.204. The van der Waals surface area contributed by atoms with E-state index >= 15 is 0 Å². The van der Waals surface area contributed by atoms with Crippen LogP contribution in [-0.2, 0) is 11.3 Å². The molecule has 0 fully saturated rings. The fourth-order valence-electron chi connectivity index (χ4n) is 3.87. The smallest absolute Gasteiger partial charge is 0.265 e. The molecular formula is C26H27N7O2S2. The Balaban J connectivity index is 1.28. The van der Waals surface area contributed by atoms with Gasteiger partial charge in [-0.15, -0.1) is 11.3 Å². The Hall–Kier alpha value is -3.77. The molecule has 5 rings (SSSR count). The van der Waals surface area contributed by atoms with Crippen molar-refractivity contribution < 1.29 is 9.53 Å². The number of imidazole rings is 1. The molecule has 0 saturated carbocycles. The first-order valence-electron chi connectivity index (χ1n) is 11.6. The van der Waals surface area contributed by atoms with Crippen LogP contribution >= 0.6 is 22.7 Å². The highest BCUT2D eigenvalue weighted by Crippen LogP contribution is 2.34. The van der Waals surface area contributed by atoms with E-state index in [1.165, 1.54) is 22.7 Å². The molecule has 4 heterocycles. The molecule has 0 aliphatic heterocycles. The van der Waals surface area contributed by atoms with Crippen molar-refractivity contribution in [3.63, 3.8) is 0 Å². The van der Waals surface area contributed by atoms with Gasteiger partial charge >= 0.3 is 0 Å². The first-order valence-corrected chi connectivity index (χ1v) is 13.3. The molecule has 0 unspecified atom stereocenters. The van der Waals surface area contributed by atoms with Gasteiger partial charge in [-0.2, -0.15) is 0 Å². The zero-order valence-electron chi connectivity index (χ0n) is 20.5. The van der Waals surface area contributed by atoms with Crippen LogP contribution in [0.1, 0.15) is 15.2 Å². The van der Waals surface area contributed by atoms with Gasteiger partial charge in [0.25, 0.3) is 5.91 Å². The maximum Gasteiger partial charge on any atom is 0.265 e. The number of likely N-dealkylation sites (N-methyl/N-ethyl adjacent to an activating group) is 1. The summed E-state index contributed by atoms with van der Waals surface area (Å²) in [6, 6.07) is 15.0. The molecule has 1 aromatic carbocycles. The third-order valence-electron chi connectivity index (χ3n) is 5.76. The number of nitrogens with two attached hydrogens (primary N) is 1. The molecule has 0 aliphatic carbocycles. The van der Waals surface area contributed by atoms with E-state index in [-0.39, 0.29) is 5.91 Å². The summed E-state index contributed by atoms with van der Waals surface area (Å²) < 4.78 is 7.29. The van der Waals surface area contributed by atoms with Gasteiger partial charge in [-0.05, 0) is 37.4 Å². The van der Waals surface area contributed by atoms with Crippen molar-refractivity contribution in [2.24, 2.45) is 0 Å². The van der Waals surface area contributed by atoms with Gasteiger partial charge in [-0.1, -0.05) is 29.5 Å². The first-order chi connectivity index (χ1) is 18.0. The topological polar surface area (TPSA) is 110 Å². The van der Waals surface area contributed by atoms with Crippen molar-refractivity contribution in [2.45, 2.75) is 6.54 Å². The summed E-state index contributed by atoms with van der Waals surface area (Å²) in [5.74, 6) is -0.204. The SMILES string of the molecule is COCCN(C)Cc1cccn2c(-c3cnc(Nc4ccc(C(=O)Nc5ccccc5N)s4)s3)cnc12. The molecule has 0 atom stereocenters. The number of thiophene rings is 1. The zero-order valence-corrected chi connectivity index (χ0v) is 22.1. The molecule has 0 bridgehead atoms. The number of fused-ring (bicyclic) bond motifs is 1. The quantitative estimate of drug-likeness (QED) is 0.212. The molecule has 0 saturated heterocycles. The average molecular weight is 534 g/mol. The van der Waals surface area contributed by atoms with Crippen LogP contribution in [0.3, 0.4) is 0 Å². The molecule has 0 spiro atoms. The third-order valence-corrected chi connectivity index (χ3v) is 7.70. The summed E-state index contributed by atoms with van der Waals surface area (Å²) in [5.41, 5.74) is 10.1. The van der Waals surface area contributed by atoms with Gasteiger partial charge in [0.1, 0.15) is 5.65 Å². The van der Waals surface area contributed by atoms with Crippen LogP contribution in [0.25, 0.3) is 16.2 Å². The number of hydrogen-bond donors (Lipinski definition) is 3. The van der Waals surface area contributed by atoms with Crippen LogP contribution < -0.4 is 16.4 Å². The minimum atomic E-state index is -0.204. The minimum Gasteiger partial charge on any atom is -0.397 e. The van der Waals surface area contributed by atoms with E-state index in [0.717, 1.165) is 45.0 Å². The number of carbonyl (C=O) groups is 1. The number of para-hydroxylation sites is 2. The van der Waals surface area contributed by atoms with Gasteiger partial charge in [0, 0.05) is 38.2 Å². The average Bonchev–Trinajstić information content (AvgIpc) is 3.64. The van der Waals surface area contributed by atoms with Crippen LogP contribution in [0.2, 0.25) is 0 Å². The van der Waals surface area contributed by atoms with Crippen LogP contribution in [0.5, 0.6) is 0 Å². The highest BCUT2D eigenvalue weighted by molar-refractivity contribution is 7.20. The maximum absolute atomic E-state index is 12.6. The van der Waals surface area contributed by atoms with Crippen molar-refractivity contribution in [1.29, 1.82) is 0 Å². The van der Waals surface area contributed by atoms with E-state index in [4.69, 9.17) is 15.5 Å². The molecule has 0 aliphatic rings. The van der Waals surface area contributed by atoms with Gasteiger partial charge in [0.15, 0.2) is 5.13 Å². The Kier molecular flexibility index (Phi) is 7.47. The summed E-state index contributed by atoms with van der Waals surface area (Å²) in [6.07, 6.45) is 5.74. The summed E-state index contributed by atoms with van der Waals surface area (Å²) in [4.78, 5) is 25.7. The summed E-state index contributed by atoms with van der Waals surface area (Å²) in [5, 5.41) is 7.73. The maximum atomic E-state index is 12.6. The number of methoxy groups -OCH3 is 1. The lowest BCUT2D eigenvalue weighted by Gasteiger charge is -2.16. The van der Waals surface area contributed by atoms with E-state index in [9.17, 15) is 4.79 Å². The molecule has 1 amide bonds. The molecule has 0 radical (unpaired) electrons. The lowest BCUT2D eigenvalue weighted by Crippen LogP contribution is -2.22. The Bertz CT molecular complexity index is 1520. The van der Waals surface area contributed by atoms with Crippen LogP contribution in [0.4, 0.5) is 21.5 Å². The van der Waals surface area contributed by atoms with Crippen molar-refractivity contribution in [1.82, 2.24) is 19.3 Å². The molecule has 4 N–H and O–H groups in total. The molecule has 5 aromatic rings. The number of ether oxygens (including phenoxy) is 1. The Morgan fingerprint density at radius 2 is 1.97 bits per heavy atom. The molecule has 4 aromatic heterocycles. The predicted molar refractivity (Wildman–Crippen MR) is 151 cm³/mol. The molecular weight excluding hydrogens is 506 g/mol. The highest BCUT2D eigenvalue weighted by atomic mass is 32.1. The van der Waals surface area contributed by atoms with Gasteiger partial charge < -0.3 is 21.1 Å². The number of anilines is 4. The molecule has 190 valence electrons. The van der Waals surface area contributed by atoms with Crippen LogP contribution in [0, 0.1) is 0 Å². The number of aromatic nitrogens is 3. The number of carbonyl (C=O) groups excluding carboxylic acids is 1. The molecule has 9 nitrogen and oxygen atoms in total. The first kappa shape index (κ1) is 24.9. The Morgan fingerprint density at radius 1 is 1.11 bits per heavy atom. The zero-order chi connectivity index (χ0) is 25.8. The number of thiazole rings is 1. The van der Waals surface area contributed by atoms with Gasteiger partial charge in [0.05, 0.1) is 44.6 Å². The third kappa shape index (κ3) is 5.65. The van der Waals surface area contributed by atoms with Crippen LogP contribution in [-0.4, -0.2) is 52.5 Å². The standard InChI is InChI=1S/C26H27N7O2S2/c1-32(12-13-35-2)16-17-6-5-11-33-20(14-28-24(17)33)22-15-29-26(37-22)31-23-10-9-21(36-23)25(34)30-19-8-4-3-7-18(19)27/h3-11,14-15H,12-13,16,27H2,1-2H3,(H,29,31)(H,30,34). The molecule has 11 heteroatoms. The summed E-state index contributed by atoms with van der Waals surface area (Å²) >= 11 is 2.89. The number of nitrogens with one attached hydrogen (secondary N) is 2. The number of benzene rings is 1. The van der Waals surface area contributed by atoms with E-state index in [1.807, 2.05) is 42.9 Å². The summed E-state index contributed by atoms with van der Waals surface area (Å²) in [6.45, 7) is 2.32. The molecule has 37 heavy (non-hydrogen) atoms. The van der Waals surface area contributed by atoms with Gasteiger partial charge in [-0.25, -0.2) is 9.97 Å². The van der Waals surface area contributed by atoms with E-state index in [0.29, 0.717) is 22.9 Å². The van der Waals surface area contributed by atoms with Crippen molar-refractivity contribution in [3.8, 4) is 10.6 Å². The Morgan fingerprint density at radius 3 is 2.81 bits per heavy atom.